The molecular formula is C13H11ClN6O. The highest BCUT2D eigenvalue weighted by molar-refractivity contribution is 6.70. The second kappa shape index (κ2) is 4.49. The van der Waals surface area contributed by atoms with Crippen LogP contribution in [0.5, 0.6) is 5.75 Å². The van der Waals surface area contributed by atoms with Crippen LogP contribution in [0.1, 0.15) is 11.3 Å². The highest BCUT2D eigenvalue weighted by Crippen LogP contribution is 2.30. The van der Waals surface area contributed by atoms with E-state index in [-0.39, 0.29) is 6.29 Å². The molecule has 1 aromatic heterocycles. The van der Waals surface area contributed by atoms with Crippen molar-refractivity contribution in [3.8, 4) is 5.75 Å². The van der Waals surface area contributed by atoms with E-state index in [2.05, 4.69) is 25.5 Å². The molecule has 2 aliphatic heterocycles. The molecule has 1 aromatic carbocycles. The van der Waals surface area contributed by atoms with Crippen molar-refractivity contribution in [1.29, 1.82) is 0 Å². The zero-order valence-corrected chi connectivity index (χ0v) is 11.8. The number of nitrogens with one attached hydrogen (secondary N) is 2. The molecule has 0 amide bonds. The van der Waals surface area contributed by atoms with Crippen LogP contribution in [0.25, 0.3) is 0 Å². The predicted octanol–water partition coefficient (Wildman–Crippen LogP) is 1.47. The van der Waals surface area contributed by atoms with E-state index in [1.54, 1.807) is 13.4 Å². The maximum absolute atomic E-state index is 6.13. The van der Waals surface area contributed by atoms with E-state index in [1.165, 1.54) is 0 Å². The van der Waals surface area contributed by atoms with Crippen LogP contribution < -0.4 is 15.1 Å². The van der Waals surface area contributed by atoms with Crippen molar-refractivity contribution in [3.05, 3.63) is 41.9 Å². The lowest BCUT2D eigenvalue weighted by Gasteiger charge is -2.26. The summed E-state index contributed by atoms with van der Waals surface area (Å²) in [5, 5.41) is 4.74. The van der Waals surface area contributed by atoms with E-state index < -0.39 is 0 Å². The number of aromatic nitrogens is 2. The molecule has 7 nitrogen and oxygen atoms in total. The molecule has 3 heterocycles. The fourth-order valence-corrected chi connectivity index (χ4v) is 2.62. The number of H-pyrrole nitrogens is 1. The molecule has 0 spiro atoms. The number of rotatable bonds is 2. The summed E-state index contributed by atoms with van der Waals surface area (Å²) in [6.07, 6.45) is 1.22. The highest BCUT2D eigenvalue weighted by atomic mass is 35.5. The van der Waals surface area contributed by atoms with Gasteiger partial charge in [-0.1, -0.05) is 11.6 Å². The van der Waals surface area contributed by atoms with Gasteiger partial charge in [-0.3, -0.25) is 10.3 Å². The van der Waals surface area contributed by atoms with Crippen LogP contribution >= 0.6 is 11.6 Å². The normalized spacial score (nSPS) is 19.3. The molecule has 2 N–H and O–H groups in total. The lowest BCUT2D eigenvalue weighted by atomic mass is 10.1. The van der Waals surface area contributed by atoms with E-state index in [9.17, 15) is 0 Å². The number of benzene rings is 1. The van der Waals surface area contributed by atoms with Gasteiger partial charge in [0.2, 0.25) is 6.29 Å². The number of nitrogens with zero attached hydrogens (tertiary/aromatic N) is 4. The molecule has 2 aliphatic rings. The number of ether oxygens (including phenoxy) is 1. The monoisotopic (exact) mass is 302 g/mol. The quantitative estimate of drug-likeness (QED) is 0.880. The molecule has 0 saturated carbocycles. The number of halogens is 1. The lowest BCUT2D eigenvalue weighted by Crippen LogP contribution is -2.43. The molecule has 21 heavy (non-hydrogen) atoms. The number of hydrogen-bond donors (Lipinski definition) is 2. The molecule has 106 valence electrons. The first kappa shape index (κ1) is 12.2. The van der Waals surface area contributed by atoms with Crippen LogP contribution in [0.4, 0.5) is 5.82 Å². The molecule has 0 radical (unpaired) electrons. The van der Waals surface area contributed by atoms with E-state index >= 15 is 0 Å². The second-order valence-corrected chi connectivity index (χ2v) is 4.92. The topological polar surface area (TPSA) is 77.9 Å². The molecule has 0 saturated heterocycles. The number of hydrogen-bond acceptors (Lipinski definition) is 6. The fourth-order valence-electron chi connectivity index (χ4n) is 2.39. The van der Waals surface area contributed by atoms with Crippen LogP contribution in [0.3, 0.4) is 0 Å². The van der Waals surface area contributed by atoms with Crippen LogP contribution in [-0.4, -0.2) is 34.4 Å². The van der Waals surface area contributed by atoms with Gasteiger partial charge in [-0.2, -0.15) is 5.10 Å². The standard InChI is InChI=1S/C13H11ClN6O/c1-21-8-4-2-7(3-5-8)11-18-19-13-17-10(14)9-12(20(11)13)16-6-15-9/h2-6,13,19H,1H3,(H,15,16). The van der Waals surface area contributed by atoms with E-state index in [0.717, 1.165) is 17.1 Å². The average molecular weight is 303 g/mol. The van der Waals surface area contributed by atoms with Crippen molar-refractivity contribution in [3.63, 3.8) is 0 Å². The first-order chi connectivity index (χ1) is 10.3. The summed E-state index contributed by atoms with van der Waals surface area (Å²) in [5.41, 5.74) is 4.58. The lowest BCUT2D eigenvalue weighted by molar-refractivity contribution is 0.415. The third-order valence-corrected chi connectivity index (χ3v) is 3.68. The number of methoxy groups -OCH3 is 1. The zero-order chi connectivity index (χ0) is 14.4. The van der Waals surface area contributed by atoms with Gasteiger partial charge >= 0.3 is 0 Å². The number of amidine groups is 1. The maximum atomic E-state index is 6.13. The largest absolute Gasteiger partial charge is 0.497 e. The molecule has 0 bridgehead atoms. The van der Waals surface area contributed by atoms with Crippen LogP contribution in [0.2, 0.25) is 0 Å². The van der Waals surface area contributed by atoms with Gasteiger partial charge in [-0.05, 0) is 24.3 Å². The van der Waals surface area contributed by atoms with Crippen molar-refractivity contribution < 1.29 is 4.74 Å². The van der Waals surface area contributed by atoms with Gasteiger partial charge in [0.25, 0.3) is 0 Å². The average Bonchev–Trinajstić information content (AvgIpc) is 3.13. The Balaban J connectivity index is 1.76. The third kappa shape index (κ3) is 1.78. The Kier molecular flexibility index (Phi) is 2.61. The number of hydrazone groups is 1. The Morgan fingerprint density at radius 2 is 2.10 bits per heavy atom. The molecule has 0 aliphatic carbocycles. The molecular weight excluding hydrogens is 292 g/mol. The summed E-state index contributed by atoms with van der Waals surface area (Å²) in [4.78, 5) is 13.6. The SMILES string of the molecule is COc1ccc(C2=NNC3N=C(Cl)c4[nH]cnc4N23)cc1. The number of aromatic amines is 1. The minimum absolute atomic E-state index is 0.370. The fraction of sp³-hybridized carbons (Fsp3) is 0.154. The summed E-state index contributed by atoms with van der Waals surface area (Å²) in [7, 11) is 1.64. The van der Waals surface area contributed by atoms with Gasteiger partial charge in [0.05, 0.1) is 13.4 Å². The second-order valence-electron chi connectivity index (χ2n) is 4.56. The van der Waals surface area contributed by atoms with Crippen LogP contribution in [-0.2, 0) is 0 Å². The van der Waals surface area contributed by atoms with Gasteiger partial charge in [-0.15, -0.1) is 0 Å². The number of fused-ring (bicyclic) bond motifs is 3. The Bertz CT molecular complexity index is 750. The zero-order valence-electron chi connectivity index (χ0n) is 11.0. The number of aliphatic imine (C=N–C) groups is 1. The summed E-state index contributed by atoms with van der Waals surface area (Å²) in [6.45, 7) is 0. The minimum atomic E-state index is -0.370. The predicted molar refractivity (Wildman–Crippen MR) is 79.9 cm³/mol. The molecule has 4 rings (SSSR count). The summed E-state index contributed by atoms with van der Waals surface area (Å²) in [6, 6.07) is 7.65. The molecule has 0 fully saturated rings. The maximum Gasteiger partial charge on any atom is 0.219 e. The van der Waals surface area contributed by atoms with Crippen LogP contribution in [0, 0.1) is 0 Å². The van der Waals surface area contributed by atoms with Gasteiger partial charge in [0, 0.05) is 5.56 Å². The van der Waals surface area contributed by atoms with Gasteiger partial charge in [-0.25, -0.2) is 9.98 Å². The van der Waals surface area contributed by atoms with E-state index in [4.69, 9.17) is 16.3 Å². The minimum Gasteiger partial charge on any atom is -0.497 e. The van der Waals surface area contributed by atoms with Gasteiger partial charge < -0.3 is 9.72 Å². The number of imidazole rings is 1. The summed E-state index contributed by atoms with van der Waals surface area (Å²) >= 11 is 6.13. The van der Waals surface area contributed by atoms with Gasteiger partial charge in [0.1, 0.15) is 11.4 Å². The van der Waals surface area contributed by atoms with Crippen molar-refractivity contribution in [2.45, 2.75) is 6.29 Å². The Labute approximate surface area is 125 Å². The smallest absolute Gasteiger partial charge is 0.219 e. The molecule has 8 heteroatoms. The number of anilines is 1. The molecule has 1 unspecified atom stereocenters. The van der Waals surface area contributed by atoms with Crippen molar-refractivity contribution >= 4 is 28.4 Å². The Morgan fingerprint density at radius 1 is 1.29 bits per heavy atom. The Morgan fingerprint density at radius 3 is 2.86 bits per heavy atom. The highest BCUT2D eigenvalue weighted by Gasteiger charge is 2.37. The third-order valence-electron chi connectivity index (χ3n) is 3.40. The van der Waals surface area contributed by atoms with Crippen molar-refractivity contribution in [1.82, 2.24) is 15.4 Å². The molecule has 1 atom stereocenters. The van der Waals surface area contributed by atoms with E-state index in [0.29, 0.717) is 16.7 Å². The Hall–Kier alpha value is -2.54. The van der Waals surface area contributed by atoms with Crippen LogP contribution in [0.15, 0.2) is 40.7 Å². The van der Waals surface area contributed by atoms with E-state index in [1.807, 2.05) is 29.2 Å². The molecule has 2 aromatic rings. The first-order valence-corrected chi connectivity index (χ1v) is 6.69. The summed E-state index contributed by atoms with van der Waals surface area (Å²) in [5.74, 6) is 2.24. The van der Waals surface area contributed by atoms with Crippen molar-refractivity contribution in [2.75, 3.05) is 12.0 Å². The van der Waals surface area contributed by atoms with Crippen molar-refractivity contribution in [2.24, 2.45) is 10.1 Å². The van der Waals surface area contributed by atoms with Gasteiger partial charge in [0.15, 0.2) is 16.8 Å². The summed E-state index contributed by atoms with van der Waals surface area (Å²) < 4.78 is 5.17. The first-order valence-electron chi connectivity index (χ1n) is 6.32.